The van der Waals surface area contributed by atoms with Crippen LogP contribution in [0.5, 0.6) is 0 Å². The molecular weight excluding hydrogens is 336 g/mol. The molecule has 8 heteroatoms. The van der Waals surface area contributed by atoms with Crippen LogP contribution in [0.3, 0.4) is 0 Å². The van der Waals surface area contributed by atoms with Gasteiger partial charge in [-0.25, -0.2) is 0 Å². The van der Waals surface area contributed by atoms with E-state index in [0.717, 1.165) is 0 Å². The van der Waals surface area contributed by atoms with Crippen molar-refractivity contribution in [1.82, 2.24) is 9.88 Å². The zero-order valence-corrected chi connectivity index (χ0v) is 13.5. The number of fused-ring (bicyclic) bond motifs is 1. The fourth-order valence-corrected chi connectivity index (χ4v) is 2.95. The molecule has 4 rings (SSSR count). The number of nitro benzene ring substituents is 1. The fraction of sp³-hybridized carbons (Fsp3) is 0.111. The van der Waals surface area contributed by atoms with Crippen LogP contribution in [0.1, 0.15) is 28.0 Å². The Bertz CT molecular complexity index is 954. The van der Waals surface area contributed by atoms with Gasteiger partial charge in [0.25, 0.3) is 11.6 Å². The minimum atomic E-state index is -0.495. The van der Waals surface area contributed by atoms with Gasteiger partial charge >= 0.3 is 0 Å². The molecule has 0 radical (unpaired) electrons. The maximum absolute atomic E-state index is 12.8. The van der Waals surface area contributed by atoms with Crippen molar-refractivity contribution in [3.63, 3.8) is 0 Å². The minimum absolute atomic E-state index is 0.00372. The Morgan fingerprint density at radius 2 is 2.00 bits per heavy atom. The summed E-state index contributed by atoms with van der Waals surface area (Å²) in [5.41, 5.74) is 1.79. The molecule has 0 fully saturated rings. The van der Waals surface area contributed by atoms with E-state index in [4.69, 9.17) is 4.42 Å². The molecule has 0 saturated heterocycles. The number of benzene rings is 1. The lowest BCUT2D eigenvalue weighted by atomic mass is 10.2. The summed E-state index contributed by atoms with van der Waals surface area (Å²) in [7, 11) is 0. The molecule has 1 aliphatic heterocycles. The van der Waals surface area contributed by atoms with Crippen LogP contribution in [0.25, 0.3) is 0 Å². The summed E-state index contributed by atoms with van der Waals surface area (Å²) in [6.07, 6.45) is 2.69. The SMILES string of the molecule is O=C1c2cccnc2C(Nc2ccc([N+](=O)[O-])cc2)N1Cc1ccco1. The highest BCUT2D eigenvalue weighted by atomic mass is 16.6. The molecular formula is C18H14N4O4. The number of nitro groups is 1. The van der Waals surface area contributed by atoms with Gasteiger partial charge in [0.2, 0.25) is 0 Å². The Labute approximate surface area is 148 Å². The number of carbonyl (C=O) groups is 1. The summed E-state index contributed by atoms with van der Waals surface area (Å²) in [4.78, 5) is 29.1. The number of non-ortho nitro benzene ring substituents is 1. The highest BCUT2D eigenvalue weighted by molar-refractivity contribution is 5.98. The molecule has 1 unspecified atom stereocenters. The Hall–Kier alpha value is -3.68. The van der Waals surface area contributed by atoms with E-state index in [1.165, 1.54) is 12.1 Å². The van der Waals surface area contributed by atoms with E-state index in [0.29, 0.717) is 22.7 Å². The predicted molar refractivity (Wildman–Crippen MR) is 92.3 cm³/mol. The van der Waals surface area contributed by atoms with E-state index in [9.17, 15) is 14.9 Å². The molecule has 2 aromatic heterocycles. The zero-order chi connectivity index (χ0) is 18.1. The number of pyridine rings is 1. The monoisotopic (exact) mass is 350 g/mol. The second-order valence-electron chi connectivity index (χ2n) is 5.80. The summed E-state index contributed by atoms with van der Waals surface area (Å²) in [6.45, 7) is 0.285. The van der Waals surface area contributed by atoms with Gasteiger partial charge in [0.1, 0.15) is 11.9 Å². The topological polar surface area (TPSA) is 102 Å². The Morgan fingerprint density at radius 3 is 2.69 bits per heavy atom. The van der Waals surface area contributed by atoms with E-state index < -0.39 is 11.1 Å². The minimum Gasteiger partial charge on any atom is -0.467 e. The van der Waals surface area contributed by atoms with Gasteiger partial charge < -0.3 is 14.6 Å². The second-order valence-corrected chi connectivity index (χ2v) is 5.80. The molecule has 1 N–H and O–H groups in total. The standard InChI is InChI=1S/C18H14N4O4/c23-18-15-4-1-9-19-16(15)17(21(18)11-14-3-2-10-26-14)20-12-5-7-13(8-6-12)22(24)25/h1-10,17,20H,11H2. The smallest absolute Gasteiger partial charge is 0.269 e. The van der Waals surface area contributed by atoms with Crippen LogP contribution in [0.15, 0.2) is 65.4 Å². The third-order valence-corrected chi connectivity index (χ3v) is 4.19. The number of furan rings is 1. The van der Waals surface area contributed by atoms with Gasteiger partial charge in [-0.15, -0.1) is 0 Å². The van der Waals surface area contributed by atoms with Crippen molar-refractivity contribution in [3.8, 4) is 0 Å². The van der Waals surface area contributed by atoms with Crippen molar-refractivity contribution < 1.29 is 14.1 Å². The molecule has 0 aliphatic carbocycles. The molecule has 3 aromatic rings. The van der Waals surface area contributed by atoms with Gasteiger partial charge in [0, 0.05) is 24.0 Å². The van der Waals surface area contributed by atoms with Crippen LogP contribution in [0, 0.1) is 10.1 Å². The van der Waals surface area contributed by atoms with Crippen LogP contribution in [0.4, 0.5) is 11.4 Å². The van der Waals surface area contributed by atoms with E-state index in [1.54, 1.807) is 53.8 Å². The maximum Gasteiger partial charge on any atom is 0.269 e. The number of nitrogens with one attached hydrogen (secondary N) is 1. The van der Waals surface area contributed by atoms with E-state index in [1.807, 2.05) is 0 Å². The average molecular weight is 350 g/mol. The quantitative estimate of drug-likeness (QED) is 0.559. The molecule has 0 saturated carbocycles. The average Bonchev–Trinajstić information content (AvgIpc) is 3.25. The van der Waals surface area contributed by atoms with Crippen molar-refractivity contribution in [2.45, 2.75) is 12.7 Å². The largest absolute Gasteiger partial charge is 0.467 e. The molecule has 130 valence electrons. The van der Waals surface area contributed by atoms with Crippen molar-refractivity contribution in [2.24, 2.45) is 0 Å². The lowest BCUT2D eigenvalue weighted by molar-refractivity contribution is -0.384. The number of hydrogen-bond donors (Lipinski definition) is 1. The maximum atomic E-state index is 12.8. The number of amides is 1. The number of aromatic nitrogens is 1. The molecule has 1 aromatic carbocycles. The highest BCUT2D eigenvalue weighted by Crippen LogP contribution is 2.34. The lowest BCUT2D eigenvalue weighted by Crippen LogP contribution is -2.31. The lowest BCUT2D eigenvalue weighted by Gasteiger charge is -2.25. The van der Waals surface area contributed by atoms with Gasteiger partial charge in [0.05, 0.1) is 29.0 Å². The van der Waals surface area contributed by atoms with Crippen LogP contribution in [0.2, 0.25) is 0 Å². The van der Waals surface area contributed by atoms with Gasteiger partial charge in [-0.1, -0.05) is 0 Å². The van der Waals surface area contributed by atoms with Crippen LogP contribution in [-0.2, 0) is 6.54 Å². The first-order valence-electron chi connectivity index (χ1n) is 7.93. The van der Waals surface area contributed by atoms with Gasteiger partial charge in [-0.05, 0) is 36.4 Å². The molecule has 3 heterocycles. The number of rotatable bonds is 5. The molecule has 26 heavy (non-hydrogen) atoms. The van der Waals surface area contributed by atoms with Gasteiger partial charge in [0.15, 0.2) is 0 Å². The molecule has 1 amide bonds. The van der Waals surface area contributed by atoms with Crippen molar-refractivity contribution in [2.75, 3.05) is 5.32 Å². The summed E-state index contributed by atoms with van der Waals surface area (Å²) < 4.78 is 5.37. The Balaban J connectivity index is 1.65. The van der Waals surface area contributed by atoms with Crippen LogP contribution in [-0.4, -0.2) is 20.7 Å². The molecule has 1 aliphatic rings. The van der Waals surface area contributed by atoms with Crippen LogP contribution < -0.4 is 5.32 Å². The first-order valence-corrected chi connectivity index (χ1v) is 7.93. The van der Waals surface area contributed by atoms with E-state index in [2.05, 4.69) is 10.3 Å². The second kappa shape index (κ2) is 6.32. The Morgan fingerprint density at radius 1 is 1.19 bits per heavy atom. The van der Waals surface area contributed by atoms with Crippen molar-refractivity contribution in [3.05, 3.63) is 88.1 Å². The first kappa shape index (κ1) is 15.8. The van der Waals surface area contributed by atoms with Crippen molar-refractivity contribution in [1.29, 1.82) is 0 Å². The van der Waals surface area contributed by atoms with Gasteiger partial charge in [-0.2, -0.15) is 0 Å². The van der Waals surface area contributed by atoms with Crippen LogP contribution >= 0.6 is 0 Å². The van der Waals surface area contributed by atoms with E-state index >= 15 is 0 Å². The Kier molecular flexibility index (Phi) is 3.85. The third-order valence-electron chi connectivity index (χ3n) is 4.19. The highest BCUT2D eigenvalue weighted by Gasteiger charge is 2.38. The normalized spacial score (nSPS) is 15.8. The molecule has 0 bridgehead atoms. The number of hydrogen-bond acceptors (Lipinski definition) is 6. The van der Waals surface area contributed by atoms with E-state index in [-0.39, 0.29) is 18.1 Å². The van der Waals surface area contributed by atoms with Gasteiger partial charge in [-0.3, -0.25) is 19.9 Å². The predicted octanol–water partition coefficient (Wildman–Crippen LogP) is 3.35. The summed E-state index contributed by atoms with van der Waals surface area (Å²) in [6, 6.07) is 13.0. The number of carbonyl (C=O) groups excluding carboxylic acids is 1. The summed E-state index contributed by atoms with van der Waals surface area (Å²) in [5, 5.41) is 14.0. The molecule has 8 nitrogen and oxygen atoms in total. The number of nitrogens with zero attached hydrogens (tertiary/aromatic N) is 3. The molecule has 1 atom stereocenters. The zero-order valence-electron chi connectivity index (χ0n) is 13.5. The molecule has 0 spiro atoms. The third kappa shape index (κ3) is 2.77. The fourth-order valence-electron chi connectivity index (χ4n) is 2.95. The summed E-state index contributed by atoms with van der Waals surface area (Å²) >= 11 is 0. The first-order chi connectivity index (χ1) is 12.6. The number of anilines is 1. The summed E-state index contributed by atoms with van der Waals surface area (Å²) in [5.74, 6) is 0.505. The van der Waals surface area contributed by atoms with Crippen molar-refractivity contribution >= 4 is 17.3 Å².